The van der Waals surface area contributed by atoms with Crippen LogP contribution < -0.4 is 15.0 Å². The zero-order valence-corrected chi connectivity index (χ0v) is 15.6. The lowest BCUT2D eigenvalue weighted by atomic mass is 10.0. The highest BCUT2D eigenvalue weighted by molar-refractivity contribution is 6.01. The van der Waals surface area contributed by atoms with Gasteiger partial charge in [-0.15, -0.1) is 0 Å². The number of carbonyl (C=O) groups excluding carboxylic acids is 2. The zero-order valence-electron chi connectivity index (χ0n) is 15.6. The number of H-pyrrole nitrogens is 1. The number of ether oxygens (including phenoxy) is 1. The van der Waals surface area contributed by atoms with Gasteiger partial charge < -0.3 is 19.9 Å². The molecule has 0 bridgehead atoms. The van der Waals surface area contributed by atoms with E-state index in [-0.39, 0.29) is 24.8 Å². The normalized spacial score (nSPS) is 17.5. The van der Waals surface area contributed by atoms with Crippen LogP contribution in [0, 0.1) is 0 Å². The summed E-state index contributed by atoms with van der Waals surface area (Å²) in [7, 11) is 0. The highest BCUT2D eigenvalue weighted by Crippen LogP contribution is 2.33. The summed E-state index contributed by atoms with van der Waals surface area (Å²) in [4.78, 5) is 34.1. The molecule has 2 N–H and O–H groups in total. The SMILES string of the molecule is CCCOc1ccc(C2CC(=O)NCC(=O)N2c2ccc3[nH]cnc3c2)cc1. The molecule has 1 saturated heterocycles. The first-order chi connectivity index (χ1) is 13.7. The lowest BCUT2D eigenvalue weighted by Gasteiger charge is -2.30. The van der Waals surface area contributed by atoms with Crippen molar-refractivity contribution in [2.75, 3.05) is 18.1 Å². The Morgan fingerprint density at radius 2 is 2.00 bits per heavy atom. The minimum atomic E-state index is -0.397. The molecule has 1 unspecified atom stereocenters. The van der Waals surface area contributed by atoms with Crippen molar-refractivity contribution < 1.29 is 14.3 Å². The maximum absolute atomic E-state index is 12.9. The fraction of sp³-hybridized carbons (Fsp3) is 0.286. The van der Waals surface area contributed by atoms with Crippen LogP contribution in [0.2, 0.25) is 0 Å². The van der Waals surface area contributed by atoms with E-state index in [1.807, 2.05) is 42.5 Å². The average molecular weight is 378 g/mol. The maximum atomic E-state index is 12.9. The summed E-state index contributed by atoms with van der Waals surface area (Å²) in [5, 5.41) is 2.69. The number of hydrogen-bond donors (Lipinski definition) is 2. The molecular weight excluding hydrogens is 356 g/mol. The molecule has 7 heteroatoms. The second-order valence-corrected chi connectivity index (χ2v) is 6.78. The molecule has 0 spiro atoms. The van der Waals surface area contributed by atoms with Crippen molar-refractivity contribution in [2.24, 2.45) is 0 Å². The van der Waals surface area contributed by atoms with Gasteiger partial charge in [-0.2, -0.15) is 0 Å². The van der Waals surface area contributed by atoms with Gasteiger partial charge in [0.15, 0.2) is 0 Å². The van der Waals surface area contributed by atoms with Gasteiger partial charge in [0.25, 0.3) is 0 Å². The Morgan fingerprint density at radius 3 is 2.79 bits per heavy atom. The smallest absolute Gasteiger partial charge is 0.246 e. The van der Waals surface area contributed by atoms with Gasteiger partial charge in [-0.3, -0.25) is 9.59 Å². The van der Waals surface area contributed by atoms with Crippen LogP contribution in [0.1, 0.15) is 31.4 Å². The Kier molecular flexibility index (Phi) is 4.97. The Morgan fingerprint density at radius 1 is 1.18 bits per heavy atom. The number of anilines is 1. The molecule has 28 heavy (non-hydrogen) atoms. The molecule has 0 aliphatic carbocycles. The minimum absolute atomic E-state index is 0.0222. The van der Waals surface area contributed by atoms with Gasteiger partial charge in [-0.25, -0.2) is 4.98 Å². The molecule has 1 aliphatic heterocycles. The van der Waals surface area contributed by atoms with E-state index in [0.29, 0.717) is 6.61 Å². The highest BCUT2D eigenvalue weighted by atomic mass is 16.5. The fourth-order valence-electron chi connectivity index (χ4n) is 3.44. The molecule has 0 saturated carbocycles. The Labute approximate surface area is 162 Å². The third-order valence-electron chi connectivity index (χ3n) is 4.82. The van der Waals surface area contributed by atoms with Crippen LogP contribution in [0.5, 0.6) is 5.75 Å². The van der Waals surface area contributed by atoms with Gasteiger partial charge in [0, 0.05) is 5.69 Å². The molecule has 2 aromatic carbocycles. The monoisotopic (exact) mass is 378 g/mol. The minimum Gasteiger partial charge on any atom is -0.494 e. The molecule has 7 nitrogen and oxygen atoms in total. The van der Waals surface area contributed by atoms with E-state index in [4.69, 9.17) is 4.74 Å². The first kappa shape index (κ1) is 18.0. The number of nitrogens with one attached hydrogen (secondary N) is 2. The Balaban J connectivity index is 1.71. The molecular formula is C21H22N4O3. The van der Waals surface area contributed by atoms with Crippen molar-refractivity contribution in [1.29, 1.82) is 0 Å². The molecule has 0 radical (unpaired) electrons. The third-order valence-corrected chi connectivity index (χ3v) is 4.82. The molecule has 2 heterocycles. The highest BCUT2D eigenvalue weighted by Gasteiger charge is 2.32. The van der Waals surface area contributed by atoms with E-state index in [1.165, 1.54) is 0 Å². The van der Waals surface area contributed by atoms with Gasteiger partial charge in [0.1, 0.15) is 5.75 Å². The second kappa shape index (κ2) is 7.72. The molecule has 4 rings (SSSR count). The van der Waals surface area contributed by atoms with Gasteiger partial charge >= 0.3 is 0 Å². The van der Waals surface area contributed by atoms with Gasteiger partial charge in [-0.05, 0) is 42.3 Å². The van der Waals surface area contributed by atoms with E-state index >= 15 is 0 Å². The van der Waals surface area contributed by atoms with Crippen molar-refractivity contribution in [2.45, 2.75) is 25.8 Å². The van der Waals surface area contributed by atoms with Crippen LogP contribution in [0.15, 0.2) is 48.8 Å². The topological polar surface area (TPSA) is 87.3 Å². The zero-order chi connectivity index (χ0) is 19.5. The summed E-state index contributed by atoms with van der Waals surface area (Å²) in [6.07, 6.45) is 2.75. The van der Waals surface area contributed by atoms with Crippen LogP contribution in [0.4, 0.5) is 5.69 Å². The van der Waals surface area contributed by atoms with Crippen molar-refractivity contribution >= 4 is 28.5 Å². The number of fused-ring (bicyclic) bond motifs is 1. The predicted octanol–water partition coefficient (Wildman–Crippen LogP) is 2.95. The lowest BCUT2D eigenvalue weighted by Crippen LogP contribution is -2.37. The summed E-state index contributed by atoms with van der Waals surface area (Å²) in [5.41, 5.74) is 3.28. The molecule has 3 aromatic rings. The van der Waals surface area contributed by atoms with Gasteiger partial charge in [0.05, 0.1) is 43.0 Å². The maximum Gasteiger partial charge on any atom is 0.246 e. The molecule has 1 fully saturated rings. The second-order valence-electron chi connectivity index (χ2n) is 6.78. The number of nitrogens with zero attached hydrogens (tertiary/aromatic N) is 2. The number of imidazole rings is 1. The molecule has 144 valence electrons. The fourth-order valence-corrected chi connectivity index (χ4v) is 3.44. The van der Waals surface area contributed by atoms with Gasteiger partial charge in [-0.1, -0.05) is 19.1 Å². The van der Waals surface area contributed by atoms with E-state index in [9.17, 15) is 9.59 Å². The van der Waals surface area contributed by atoms with E-state index in [0.717, 1.165) is 34.5 Å². The molecule has 1 atom stereocenters. The number of carbonyl (C=O) groups is 2. The van der Waals surface area contributed by atoms with E-state index < -0.39 is 6.04 Å². The number of aromatic nitrogens is 2. The molecule has 2 amide bonds. The number of hydrogen-bond acceptors (Lipinski definition) is 4. The molecule has 1 aromatic heterocycles. The lowest BCUT2D eigenvalue weighted by molar-refractivity contribution is -0.123. The standard InChI is InChI=1S/C21H22N4O3/c1-2-9-28-16-6-3-14(4-7-16)19-11-20(26)22-12-21(27)25(19)15-5-8-17-18(10-15)24-13-23-17/h3-8,10,13,19H,2,9,11-12H2,1H3,(H,22,26)(H,23,24). The van der Waals surface area contributed by atoms with Crippen molar-refractivity contribution in [3.63, 3.8) is 0 Å². The summed E-state index contributed by atoms with van der Waals surface area (Å²) in [5.74, 6) is 0.476. The van der Waals surface area contributed by atoms with Crippen molar-refractivity contribution in [3.8, 4) is 5.75 Å². The van der Waals surface area contributed by atoms with Crippen LogP contribution in [0.3, 0.4) is 0 Å². The Hall–Kier alpha value is -3.35. The van der Waals surface area contributed by atoms with Crippen molar-refractivity contribution in [3.05, 3.63) is 54.4 Å². The number of benzene rings is 2. The summed E-state index contributed by atoms with van der Waals surface area (Å²) >= 11 is 0. The number of amides is 2. The number of aromatic amines is 1. The first-order valence-corrected chi connectivity index (χ1v) is 9.40. The molecule has 1 aliphatic rings. The van der Waals surface area contributed by atoms with Crippen LogP contribution in [0.25, 0.3) is 11.0 Å². The van der Waals surface area contributed by atoms with Crippen LogP contribution in [-0.2, 0) is 9.59 Å². The first-order valence-electron chi connectivity index (χ1n) is 9.40. The largest absolute Gasteiger partial charge is 0.494 e. The van der Waals surface area contributed by atoms with Crippen LogP contribution >= 0.6 is 0 Å². The van der Waals surface area contributed by atoms with Gasteiger partial charge in [0.2, 0.25) is 11.8 Å². The third kappa shape index (κ3) is 3.55. The quantitative estimate of drug-likeness (QED) is 0.715. The van der Waals surface area contributed by atoms with Crippen LogP contribution in [-0.4, -0.2) is 34.9 Å². The van der Waals surface area contributed by atoms with E-state index in [2.05, 4.69) is 22.2 Å². The summed E-state index contributed by atoms with van der Waals surface area (Å²) < 4.78 is 5.64. The summed E-state index contributed by atoms with van der Waals surface area (Å²) in [6, 6.07) is 12.8. The average Bonchev–Trinajstić information content (AvgIpc) is 3.12. The Bertz CT molecular complexity index is 996. The van der Waals surface area contributed by atoms with Crippen molar-refractivity contribution in [1.82, 2.24) is 15.3 Å². The predicted molar refractivity (Wildman–Crippen MR) is 106 cm³/mol. The summed E-state index contributed by atoms with van der Waals surface area (Å²) in [6.45, 7) is 2.68. The van der Waals surface area contributed by atoms with E-state index in [1.54, 1.807) is 11.2 Å². The number of rotatable bonds is 5.